The summed E-state index contributed by atoms with van der Waals surface area (Å²) in [5, 5.41) is 3.26. The molecule has 1 aromatic carbocycles. The minimum absolute atomic E-state index is 0.234. The van der Waals surface area contributed by atoms with Gasteiger partial charge in [0.2, 0.25) is 0 Å². The van der Waals surface area contributed by atoms with Crippen molar-refractivity contribution in [3.63, 3.8) is 0 Å². The molecule has 0 aromatic heterocycles. The van der Waals surface area contributed by atoms with Gasteiger partial charge in [0.05, 0.1) is 6.61 Å². The van der Waals surface area contributed by atoms with E-state index in [2.05, 4.69) is 25.7 Å². The third kappa shape index (κ3) is 5.32. The van der Waals surface area contributed by atoms with Crippen molar-refractivity contribution < 1.29 is 9.13 Å². The lowest BCUT2D eigenvalue weighted by Crippen LogP contribution is -2.22. The highest BCUT2D eigenvalue weighted by Gasteiger charge is 2.06. The number of rotatable bonds is 7. The Morgan fingerprint density at radius 2 is 2.17 bits per heavy atom. The van der Waals surface area contributed by atoms with Crippen LogP contribution in [0, 0.1) is 5.82 Å². The molecule has 0 spiro atoms. The summed E-state index contributed by atoms with van der Waals surface area (Å²) in [6, 6.07) is 4.99. The second-order valence-electron chi connectivity index (χ2n) is 4.84. The Morgan fingerprint density at radius 3 is 2.78 bits per heavy atom. The van der Waals surface area contributed by atoms with Gasteiger partial charge in [-0.2, -0.15) is 0 Å². The first-order chi connectivity index (χ1) is 8.49. The van der Waals surface area contributed by atoms with Crippen LogP contribution in [0.25, 0.3) is 0 Å². The topological polar surface area (TPSA) is 21.3 Å². The average molecular weight is 251 g/mol. The molecule has 0 aliphatic heterocycles. The minimum atomic E-state index is -0.234. The van der Waals surface area contributed by atoms with Crippen molar-refractivity contribution in [2.75, 3.05) is 6.61 Å². The second-order valence-corrected chi connectivity index (χ2v) is 4.84. The van der Waals surface area contributed by atoms with Gasteiger partial charge in [-0.3, -0.25) is 0 Å². The van der Waals surface area contributed by atoms with E-state index in [0.717, 1.165) is 23.3 Å². The van der Waals surface area contributed by atoms with Gasteiger partial charge < -0.3 is 10.1 Å². The van der Waals surface area contributed by atoms with E-state index in [1.54, 1.807) is 6.07 Å². The van der Waals surface area contributed by atoms with Crippen LogP contribution in [0.3, 0.4) is 0 Å². The van der Waals surface area contributed by atoms with E-state index in [1.165, 1.54) is 12.1 Å². The molecule has 0 heterocycles. The molecule has 0 aliphatic carbocycles. The smallest absolute Gasteiger partial charge is 0.123 e. The average Bonchev–Trinajstić information content (AvgIpc) is 2.28. The highest BCUT2D eigenvalue weighted by molar-refractivity contribution is 5.34. The Hall–Kier alpha value is -1.35. The molecule has 3 heteroatoms. The van der Waals surface area contributed by atoms with Gasteiger partial charge in [-0.25, -0.2) is 4.39 Å². The van der Waals surface area contributed by atoms with E-state index in [1.807, 2.05) is 6.92 Å². The molecule has 18 heavy (non-hydrogen) atoms. The summed E-state index contributed by atoms with van der Waals surface area (Å²) in [4.78, 5) is 0. The number of ether oxygens (including phenoxy) is 1. The minimum Gasteiger partial charge on any atom is -0.493 e. The Kier molecular flexibility index (Phi) is 5.86. The molecule has 0 radical (unpaired) electrons. The van der Waals surface area contributed by atoms with Crippen LogP contribution in [0.2, 0.25) is 0 Å². The Labute approximate surface area is 109 Å². The van der Waals surface area contributed by atoms with Crippen molar-refractivity contribution in [2.24, 2.45) is 0 Å². The van der Waals surface area contributed by atoms with Gasteiger partial charge in [0.15, 0.2) is 0 Å². The number of hydrogen-bond donors (Lipinski definition) is 1. The predicted molar refractivity (Wildman–Crippen MR) is 73.3 cm³/mol. The van der Waals surface area contributed by atoms with Crippen molar-refractivity contribution in [3.05, 3.63) is 41.7 Å². The zero-order valence-electron chi connectivity index (χ0n) is 11.4. The summed E-state index contributed by atoms with van der Waals surface area (Å²) in [5.41, 5.74) is 1.93. The van der Waals surface area contributed by atoms with E-state index in [-0.39, 0.29) is 5.82 Å². The number of benzene rings is 1. The van der Waals surface area contributed by atoms with Gasteiger partial charge in [-0.1, -0.05) is 19.4 Å². The highest BCUT2D eigenvalue weighted by Crippen LogP contribution is 2.20. The van der Waals surface area contributed by atoms with E-state index in [0.29, 0.717) is 19.2 Å². The Balaban J connectivity index is 2.66. The maximum Gasteiger partial charge on any atom is 0.123 e. The lowest BCUT2D eigenvalue weighted by atomic mass is 10.2. The van der Waals surface area contributed by atoms with Crippen molar-refractivity contribution in [3.8, 4) is 5.75 Å². The number of halogens is 1. The molecule has 0 atom stereocenters. The molecular formula is C15H22FNO. The van der Waals surface area contributed by atoms with Crippen LogP contribution in [-0.2, 0) is 6.54 Å². The summed E-state index contributed by atoms with van der Waals surface area (Å²) in [5.74, 6) is 0.508. The van der Waals surface area contributed by atoms with Crippen LogP contribution >= 0.6 is 0 Å². The second kappa shape index (κ2) is 7.17. The fraction of sp³-hybridized carbons (Fsp3) is 0.467. The summed E-state index contributed by atoms with van der Waals surface area (Å²) in [7, 11) is 0. The van der Waals surface area contributed by atoms with E-state index < -0.39 is 0 Å². The highest BCUT2D eigenvalue weighted by atomic mass is 19.1. The third-order valence-corrected chi connectivity index (χ3v) is 2.51. The first-order valence-corrected chi connectivity index (χ1v) is 6.28. The standard InChI is InChI=1S/C15H22FNO/c1-11(2)7-8-18-15-6-5-14(16)9-13(15)10-17-12(3)4/h5-6,9,12,17H,1,7-8,10H2,2-4H3. The van der Waals surface area contributed by atoms with Gasteiger partial charge in [0, 0.05) is 24.6 Å². The van der Waals surface area contributed by atoms with Crippen LogP contribution in [0.4, 0.5) is 4.39 Å². The van der Waals surface area contributed by atoms with Gasteiger partial charge in [-0.05, 0) is 25.1 Å². The molecule has 0 aliphatic rings. The summed E-state index contributed by atoms with van der Waals surface area (Å²) in [6.07, 6.45) is 0.814. The third-order valence-electron chi connectivity index (χ3n) is 2.51. The fourth-order valence-corrected chi connectivity index (χ4v) is 1.48. The van der Waals surface area contributed by atoms with Gasteiger partial charge >= 0.3 is 0 Å². The van der Waals surface area contributed by atoms with E-state index in [9.17, 15) is 4.39 Å². The lowest BCUT2D eigenvalue weighted by molar-refractivity contribution is 0.316. The maximum atomic E-state index is 13.2. The molecule has 0 amide bonds. The van der Waals surface area contributed by atoms with Crippen molar-refractivity contribution in [2.45, 2.75) is 39.8 Å². The molecule has 1 rings (SSSR count). The van der Waals surface area contributed by atoms with Crippen LogP contribution in [0.15, 0.2) is 30.4 Å². The quantitative estimate of drug-likeness (QED) is 0.747. The Morgan fingerprint density at radius 1 is 1.44 bits per heavy atom. The summed E-state index contributed by atoms with van der Waals surface area (Å²) >= 11 is 0. The van der Waals surface area contributed by atoms with Crippen molar-refractivity contribution in [1.29, 1.82) is 0 Å². The maximum absolute atomic E-state index is 13.2. The molecule has 1 N–H and O–H groups in total. The largest absolute Gasteiger partial charge is 0.493 e. The molecule has 0 saturated carbocycles. The van der Waals surface area contributed by atoms with Crippen LogP contribution in [0.5, 0.6) is 5.75 Å². The van der Waals surface area contributed by atoms with E-state index in [4.69, 9.17) is 4.74 Å². The monoisotopic (exact) mass is 251 g/mol. The van der Waals surface area contributed by atoms with Gasteiger partial charge in [0.25, 0.3) is 0 Å². The van der Waals surface area contributed by atoms with Crippen LogP contribution in [-0.4, -0.2) is 12.6 Å². The molecule has 0 fully saturated rings. The number of nitrogens with one attached hydrogen (secondary N) is 1. The van der Waals surface area contributed by atoms with Gasteiger partial charge in [-0.15, -0.1) is 6.58 Å². The fourth-order valence-electron chi connectivity index (χ4n) is 1.48. The molecule has 0 bridgehead atoms. The van der Waals surface area contributed by atoms with Crippen LogP contribution in [0.1, 0.15) is 32.8 Å². The predicted octanol–water partition coefficient (Wildman–Crippen LogP) is 3.67. The summed E-state index contributed by atoms with van der Waals surface area (Å²) < 4.78 is 18.9. The first kappa shape index (κ1) is 14.7. The van der Waals surface area contributed by atoms with E-state index >= 15 is 0 Å². The molecule has 1 aromatic rings. The van der Waals surface area contributed by atoms with Gasteiger partial charge in [0.1, 0.15) is 11.6 Å². The zero-order chi connectivity index (χ0) is 13.5. The molecular weight excluding hydrogens is 229 g/mol. The van der Waals surface area contributed by atoms with Crippen LogP contribution < -0.4 is 10.1 Å². The first-order valence-electron chi connectivity index (χ1n) is 6.28. The molecule has 0 saturated heterocycles. The Bertz CT molecular complexity index is 401. The SMILES string of the molecule is C=C(C)CCOc1ccc(F)cc1CNC(C)C. The van der Waals surface area contributed by atoms with Crippen molar-refractivity contribution in [1.82, 2.24) is 5.32 Å². The zero-order valence-corrected chi connectivity index (χ0v) is 11.4. The lowest BCUT2D eigenvalue weighted by Gasteiger charge is -2.14. The molecule has 0 unspecified atom stereocenters. The number of hydrogen-bond acceptors (Lipinski definition) is 2. The normalized spacial score (nSPS) is 10.7. The summed E-state index contributed by atoms with van der Waals surface area (Å²) in [6.45, 7) is 11.1. The molecule has 100 valence electrons. The van der Waals surface area contributed by atoms with Crippen molar-refractivity contribution >= 4 is 0 Å². The molecule has 2 nitrogen and oxygen atoms in total.